The SMILES string of the molecule is CCN(CC)c1nc(C)cc(OP(=O)(OC)OC)n1. The highest BCUT2D eigenvalue weighted by Gasteiger charge is 2.26. The van der Waals surface area contributed by atoms with Crippen molar-refractivity contribution in [2.45, 2.75) is 20.8 Å². The van der Waals surface area contributed by atoms with Crippen LogP contribution < -0.4 is 9.42 Å². The molecule has 0 N–H and O–H groups in total. The van der Waals surface area contributed by atoms with Crippen molar-refractivity contribution in [1.29, 1.82) is 0 Å². The van der Waals surface area contributed by atoms with Gasteiger partial charge in [0.15, 0.2) is 0 Å². The molecule has 7 nitrogen and oxygen atoms in total. The molecule has 1 heterocycles. The molecule has 0 fully saturated rings. The lowest BCUT2D eigenvalue weighted by Gasteiger charge is -2.20. The molecule has 0 saturated heterocycles. The van der Waals surface area contributed by atoms with E-state index >= 15 is 0 Å². The van der Waals surface area contributed by atoms with Crippen molar-refractivity contribution in [2.75, 3.05) is 32.2 Å². The lowest BCUT2D eigenvalue weighted by atomic mass is 10.4. The van der Waals surface area contributed by atoms with Crippen LogP contribution in [0.2, 0.25) is 0 Å². The van der Waals surface area contributed by atoms with Crippen LogP contribution in [-0.4, -0.2) is 37.3 Å². The van der Waals surface area contributed by atoms with E-state index in [1.54, 1.807) is 6.07 Å². The van der Waals surface area contributed by atoms with E-state index in [0.29, 0.717) is 11.6 Å². The zero-order chi connectivity index (χ0) is 14.5. The molecule has 0 amide bonds. The Labute approximate surface area is 113 Å². The molecule has 0 aliphatic carbocycles. The summed E-state index contributed by atoms with van der Waals surface area (Å²) in [5.74, 6) is 0.695. The number of hydrogen-bond donors (Lipinski definition) is 0. The minimum absolute atomic E-state index is 0.168. The largest absolute Gasteiger partial charge is 0.530 e. The molecular formula is C11H20N3O4P. The predicted octanol–water partition coefficient (Wildman–Crippen LogP) is 2.41. The number of anilines is 1. The van der Waals surface area contributed by atoms with Gasteiger partial charge in [-0.15, -0.1) is 0 Å². The molecule has 0 atom stereocenters. The van der Waals surface area contributed by atoms with Crippen LogP contribution in [0, 0.1) is 6.92 Å². The summed E-state index contributed by atoms with van der Waals surface area (Å²) in [6.07, 6.45) is 0. The van der Waals surface area contributed by atoms with Crippen LogP contribution in [0.4, 0.5) is 5.95 Å². The van der Waals surface area contributed by atoms with Gasteiger partial charge in [0.05, 0.1) is 0 Å². The first-order chi connectivity index (χ1) is 8.97. The van der Waals surface area contributed by atoms with Crippen molar-refractivity contribution in [1.82, 2.24) is 9.97 Å². The number of hydrogen-bond acceptors (Lipinski definition) is 7. The van der Waals surface area contributed by atoms with Gasteiger partial charge in [-0.2, -0.15) is 4.98 Å². The normalized spacial score (nSPS) is 11.4. The third-order valence-electron chi connectivity index (χ3n) is 2.52. The van der Waals surface area contributed by atoms with Crippen LogP contribution in [0.25, 0.3) is 0 Å². The Hall–Kier alpha value is -1.17. The standard InChI is InChI=1S/C11H20N3O4P/c1-6-14(7-2)11-12-9(3)8-10(13-11)18-19(15,16-4)17-5/h8H,6-7H2,1-5H3. The van der Waals surface area contributed by atoms with E-state index in [1.165, 1.54) is 14.2 Å². The molecule has 1 rings (SSSR count). The van der Waals surface area contributed by atoms with Crippen molar-refractivity contribution in [3.63, 3.8) is 0 Å². The molecule has 0 aliphatic heterocycles. The van der Waals surface area contributed by atoms with E-state index in [2.05, 4.69) is 9.97 Å². The Morgan fingerprint density at radius 1 is 1.21 bits per heavy atom. The van der Waals surface area contributed by atoms with E-state index < -0.39 is 7.82 Å². The van der Waals surface area contributed by atoms with Crippen LogP contribution in [0.15, 0.2) is 6.07 Å². The smallest absolute Gasteiger partial charge is 0.385 e. The maximum atomic E-state index is 11.9. The molecule has 1 aromatic heterocycles. The first-order valence-electron chi connectivity index (χ1n) is 5.99. The highest BCUT2D eigenvalue weighted by Crippen LogP contribution is 2.47. The Bertz CT molecular complexity index is 457. The lowest BCUT2D eigenvalue weighted by Crippen LogP contribution is -2.24. The third-order valence-corrected chi connectivity index (χ3v) is 3.82. The summed E-state index contributed by atoms with van der Waals surface area (Å²) in [6, 6.07) is 1.58. The molecule has 0 aromatic carbocycles. The van der Waals surface area contributed by atoms with Crippen molar-refractivity contribution < 1.29 is 18.1 Å². The number of phosphoric acid groups is 1. The van der Waals surface area contributed by atoms with Crippen LogP contribution in [0.5, 0.6) is 5.88 Å². The maximum Gasteiger partial charge on any atom is 0.530 e. The van der Waals surface area contributed by atoms with Gasteiger partial charge >= 0.3 is 7.82 Å². The Kier molecular flexibility index (Phi) is 5.72. The Morgan fingerprint density at radius 3 is 2.26 bits per heavy atom. The highest BCUT2D eigenvalue weighted by molar-refractivity contribution is 7.48. The van der Waals surface area contributed by atoms with E-state index in [1.807, 2.05) is 25.7 Å². The van der Waals surface area contributed by atoms with Crippen LogP contribution in [0.1, 0.15) is 19.5 Å². The summed E-state index contributed by atoms with van der Waals surface area (Å²) in [7, 11) is -1.09. The second kappa shape index (κ2) is 6.84. The van der Waals surface area contributed by atoms with Crippen molar-refractivity contribution in [3.8, 4) is 5.88 Å². The molecule has 0 bridgehead atoms. The predicted molar refractivity (Wildman–Crippen MR) is 72.6 cm³/mol. The zero-order valence-corrected chi connectivity index (χ0v) is 12.8. The number of aromatic nitrogens is 2. The van der Waals surface area contributed by atoms with Crippen molar-refractivity contribution in [3.05, 3.63) is 11.8 Å². The second-order valence-electron chi connectivity index (χ2n) is 3.72. The topological polar surface area (TPSA) is 73.8 Å². The zero-order valence-electron chi connectivity index (χ0n) is 11.9. The third kappa shape index (κ3) is 4.16. The summed E-state index contributed by atoms with van der Waals surface area (Å²) in [5, 5.41) is 0. The molecule has 0 spiro atoms. The van der Waals surface area contributed by atoms with Gasteiger partial charge in [-0.3, -0.25) is 9.05 Å². The molecule has 8 heteroatoms. The fraction of sp³-hybridized carbons (Fsp3) is 0.636. The van der Waals surface area contributed by atoms with Crippen molar-refractivity contribution in [2.24, 2.45) is 0 Å². The van der Waals surface area contributed by atoms with Crippen molar-refractivity contribution >= 4 is 13.8 Å². The van der Waals surface area contributed by atoms with Gasteiger partial charge in [0.2, 0.25) is 11.8 Å². The Balaban J connectivity index is 3.06. The second-order valence-corrected chi connectivity index (χ2v) is 5.53. The monoisotopic (exact) mass is 289 g/mol. The van der Waals surface area contributed by atoms with Crippen LogP contribution >= 0.6 is 7.82 Å². The molecule has 0 unspecified atom stereocenters. The van der Waals surface area contributed by atoms with Gasteiger partial charge in [-0.1, -0.05) is 0 Å². The number of nitrogens with zero attached hydrogens (tertiary/aromatic N) is 3. The summed E-state index contributed by atoms with van der Waals surface area (Å²) in [4.78, 5) is 10.5. The van der Waals surface area contributed by atoms with E-state index in [9.17, 15) is 4.57 Å². The number of phosphoric ester groups is 1. The summed E-state index contributed by atoms with van der Waals surface area (Å²) in [5.41, 5.74) is 0.714. The van der Waals surface area contributed by atoms with E-state index in [-0.39, 0.29) is 5.88 Å². The molecular weight excluding hydrogens is 269 g/mol. The van der Waals surface area contributed by atoms with E-state index in [4.69, 9.17) is 13.6 Å². The summed E-state index contributed by atoms with van der Waals surface area (Å²) >= 11 is 0. The van der Waals surface area contributed by atoms with Gasteiger partial charge in [0, 0.05) is 39.1 Å². The molecule has 108 valence electrons. The number of aryl methyl sites for hydroxylation is 1. The molecule has 1 aromatic rings. The minimum atomic E-state index is -3.60. The minimum Gasteiger partial charge on any atom is -0.385 e. The average molecular weight is 289 g/mol. The van der Waals surface area contributed by atoms with Crippen LogP contribution in [-0.2, 0) is 13.6 Å². The van der Waals surface area contributed by atoms with Gasteiger partial charge in [0.25, 0.3) is 0 Å². The van der Waals surface area contributed by atoms with Gasteiger partial charge in [-0.05, 0) is 20.8 Å². The molecule has 0 radical (unpaired) electrons. The van der Waals surface area contributed by atoms with Crippen LogP contribution in [0.3, 0.4) is 0 Å². The lowest BCUT2D eigenvalue weighted by molar-refractivity contribution is 0.209. The summed E-state index contributed by atoms with van der Waals surface area (Å²) < 4.78 is 26.5. The van der Waals surface area contributed by atoms with Gasteiger partial charge in [0.1, 0.15) is 0 Å². The van der Waals surface area contributed by atoms with E-state index in [0.717, 1.165) is 13.1 Å². The fourth-order valence-corrected chi connectivity index (χ4v) is 2.10. The first kappa shape index (κ1) is 15.9. The maximum absolute atomic E-state index is 11.9. The Morgan fingerprint density at radius 2 is 1.79 bits per heavy atom. The molecule has 19 heavy (non-hydrogen) atoms. The fourth-order valence-electron chi connectivity index (χ4n) is 1.48. The van der Waals surface area contributed by atoms with Gasteiger partial charge in [-0.25, -0.2) is 9.55 Å². The highest BCUT2D eigenvalue weighted by atomic mass is 31.2. The molecule has 0 aliphatic rings. The first-order valence-corrected chi connectivity index (χ1v) is 7.45. The average Bonchev–Trinajstić information content (AvgIpc) is 2.39. The molecule has 0 saturated carbocycles. The summed E-state index contributed by atoms with van der Waals surface area (Å²) in [6.45, 7) is 7.36. The van der Waals surface area contributed by atoms with Gasteiger partial charge < -0.3 is 9.42 Å². The quantitative estimate of drug-likeness (QED) is 0.713. The number of rotatable bonds is 7.